The molecule has 0 bridgehead atoms. The lowest BCUT2D eigenvalue weighted by molar-refractivity contribution is 0.248. The van der Waals surface area contributed by atoms with Crippen LogP contribution < -0.4 is 4.74 Å². The van der Waals surface area contributed by atoms with E-state index in [1.807, 2.05) is 36.2 Å². The Morgan fingerprint density at radius 1 is 1.10 bits per heavy atom. The lowest BCUT2D eigenvalue weighted by Crippen LogP contribution is -2.36. The number of ether oxygens (including phenoxy) is 1. The fourth-order valence-corrected chi connectivity index (χ4v) is 5.88. The smallest absolute Gasteiger partial charge is 0.160 e. The number of hydrogen-bond donors (Lipinski definition) is 0. The van der Waals surface area contributed by atoms with Crippen molar-refractivity contribution in [2.75, 3.05) is 12.9 Å². The maximum atomic E-state index is 5.36. The van der Waals surface area contributed by atoms with Crippen LogP contribution in [0.5, 0.6) is 5.75 Å². The molecular weight excluding hydrogens is 392 g/mol. The molecule has 0 unspecified atom stereocenters. The summed E-state index contributed by atoms with van der Waals surface area (Å²) in [6, 6.07) is 19.5. The normalized spacial score (nSPS) is 22.8. The summed E-state index contributed by atoms with van der Waals surface area (Å²) >= 11 is 1.88. The highest BCUT2D eigenvalue weighted by atomic mass is 32.2. The molecule has 3 atom stereocenters. The maximum absolute atomic E-state index is 5.36. The van der Waals surface area contributed by atoms with E-state index in [-0.39, 0.29) is 12.1 Å². The first kappa shape index (κ1) is 19.2. The largest absolute Gasteiger partial charge is 0.497 e. The van der Waals surface area contributed by atoms with Gasteiger partial charge in [-0.05, 0) is 61.9 Å². The lowest BCUT2D eigenvalue weighted by Gasteiger charge is -2.32. The second-order valence-corrected chi connectivity index (χ2v) is 8.76. The van der Waals surface area contributed by atoms with E-state index in [1.54, 1.807) is 7.11 Å². The van der Waals surface area contributed by atoms with Crippen molar-refractivity contribution in [2.24, 2.45) is 4.99 Å². The standard InChI is InChI=1S/C24H26N4OS/c1-4-17-15-30-24-26-22(20-7-5-6-14-25-20)23(28(17)24)21-13-8-16(2)27(21)18-9-11-19(29-3)12-10-18/h5-14,17,22-23H,4,15H2,1-3H3/t17-,22-,23+/m1/s1. The summed E-state index contributed by atoms with van der Waals surface area (Å²) in [7, 11) is 1.70. The Morgan fingerprint density at radius 2 is 1.93 bits per heavy atom. The Balaban J connectivity index is 1.63. The molecule has 0 N–H and O–H groups in total. The summed E-state index contributed by atoms with van der Waals surface area (Å²) in [6.45, 7) is 4.43. The number of thioether (sulfide) groups is 1. The highest BCUT2D eigenvalue weighted by Crippen LogP contribution is 2.49. The molecule has 0 saturated carbocycles. The van der Waals surface area contributed by atoms with Gasteiger partial charge in [0.05, 0.1) is 12.8 Å². The van der Waals surface area contributed by atoms with Crippen LogP contribution >= 0.6 is 11.8 Å². The summed E-state index contributed by atoms with van der Waals surface area (Å²) in [4.78, 5) is 12.4. The second kappa shape index (κ2) is 7.84. The van der Waals surface area contributed by atoms with Crippen molar-refractivity contribution in [1.82, 2.24) is 14.5 Å². The average Bonchev–Trinajstić information content (AvgIpc) is 3.47. The van der Waals surface area contributed by atoms with Crippen molar-refractivity contribution in [1.29, 1.82) is 0 Å². The average molecular weight is 419 g/mol. The van der Waals surface area contributed by atoms with E-state index in [9.17, 15) is 0 Å². The first-order valence-corrected chi connectivity index (χ1v) is 11.4. The molecule has 1 saturated heterocycles. The van der Waals surface area contributed by atoms with Crippen LogP contribution in [0.2, 0.25) is 0 Å². The Morgan fingerprint density at radius 3 is 2.63 bits per heavy atom. The summed E-state index contributed by atoms with van der Waals surface area (Å²) in [6.07, 6.45) is 2.98. The van der Waals surface area contributed by atoms with Crippen molar-refractivity contribution in [3.8, 4) is 11.4 Å². The van der Waals surface area contributed by atoms with Crippen LogP contribution in [0.3, 0.4) is 0 Å². The molecule has 5 nitrogen and oxygen atoms in total. The van der Waals surface area contributed by atoms with Gasteiger partial charge in [-0.15, -0.1) is 0 Å². The Hall–Kier alpha value is -2.73. The van der Waals surface area contributed by atoms with E-state index >= 15 is 0 Å². The van der Waals surface area contributed by atoms with Crippen molar-refractivity contribution >= 4 is 16.9 Å². The van der Waals surface area contributed by atoms with E-state index in [1.165, 1.54) is 11.4 Å². The van der Waals surface area contributed by atoms with E-state index < -0.39 is 0 Å². The number of nitrogens with zero attached hydrogens (tertiary/aromatic N) is 4. The topological polar surface area (TPSA) is 42.6 Å². The molecule has 2 aromatic heterocycles. The van der Waals surface area contributed by atoms with Gasteiger partial charge in [-0.25, -0.2) is 0 Å². The minimum atomic E-state index is -0.00523. The van der Waals surface area contributed by atoms with Gasteiger partial charge >= 0.3 is 0 Å². The molecule has 154 valence electrons. The van der Waals surface area contributed by atoms with Crippen LogP contribution in [-0.2, 0) is 0 Å². The minimum Gasteiger partial charge on any atom is -0.497 e. The molecule has 0 spiro atoms. The molecule has 4 heterocycles. The van der Waals surface area contributed by atoms with E-state index in [4.69, 9.17) is 9.73 Å². The zero-order valence-electron chi connectivity index (χ0n) is 17.5. The van der Waals surface area contributed by atoms with Gasteiger partial charge in [-0.2, -0.15) is 0 Å². The van der Waals surface area contributed by atoms with E-state index in [2.05, 4.69) is 64.7 Å². The number of aromatic nitrogens is 2. The molecular formula is C24H26N4OS. The van der Waals surface area contributed by atoms with Crippen LogP contribution in [-0.4, -0.2) is 38.5 Å². The number of hydrogen-bond acceptors (Lipinski definition) is 5. The predicted octanol–water partition coefficient (Wildman–Crippen LogP) is 5.17. The van der Waals surface area contributed by atoms with Gasteiger partial charge in [0.1, 0.15) is 17.8 Å². The molecule has 5 rings (SSSR count). The van der Waals surface area contributed by atoms with E-state index in [0.717, 1.165) is 34.5 Å². The molecule has 0 aliphatic carbocycles. The van der Waals surface area contributed by atoms with E-state index in [0.29, 0.717) is 6.04 Å². The Labute approximate surface area is 181 Å². The first-order valence-electron chi connectivity index (χ1n) is 10.4. The van der Waals surface area contributed by atoms with Crippen molar-refractivity contribution in [3.63, 3.8) is 0 Å². The molecule has 6 heteroatoms. The van der Waals surface area contributed by atoms with Crippen LogP contribution in [0.15, 0.2) is 65.8 Å². The third kappa shape index (κ3) is 3.10. The van der Waals surface area contributed by atoms with Gasteiger partial charge in [0.15, 0.2) is 5.17 Å². The summed E-state index contributed by atoms with van der Waals surface area (Å²) < 4.78 is 7.72. The third-order valence-corrected chi connectivity index (χ3v) is 7.20. The molecule has 3 aromatic rings. The molecule has 30 heavy (non-hydrogen) atoms. The number of aryl methyl sites for hydroxylation is 1. The summed E-state index contributed by atoms with van der Waals surface area (Å²) in [5.74, 6) is 1.97. The quantitative estimate of drug-likeness (QED) is 0.573. The highest BCUT2D eigenvalue weighted by Gasteiger charge is 2.46. The molecule has 2 aliphatic heterocycles. The van der Waals surface area contributed by atoms with Crippen LogP contribution in [0.25, 0.3) is 5.69 Å². The number of aliphatic imine (C=N–C) groups is 1. The number of rotatable bonds is 5. The monoisotopic (exact) mass is 418 g/mol. The van der Waals surface area contributed by atoms with Crippen molar-refractivity contribution < 1.29 is 4.74 Å². The third-order valence-electron chi connectivity index (χ3n) is 6.07. The zero-order valence-corrected chi connectivity index (χ0v) is 18.3. The van der Waals surface area contributed by atoms with Crippen LogP contribution in [0.1, 0.15) is 42.5 Å². The maximum Gasteiger partial charge on any atom is 0.160 e. The second-order valence-electron chi connectivity index (χ2n) is 7.77. The predicted molar refractivity (Wildman–Crippen MR) is 123 cm³/mol. The fourth-order valence-electron chi connectivity index (χ4n) is 4.54. The van der Waals surface area contributed by atoms with Crippen LogP contribution in [0.4, 0.5) is 0 Å². The number of fused-ring (bicyclic) bond motifs is 1. The first-order chi connectivity index (χ1) is 14.7. The van der Waals surface area contributed by atoms with Gasteiger partial charge in [-0.1, -0.05) is 24.8 Å². The highest BCUT2D eigenvalue weighted by molar-refractivity contribution is 8.14. The molecule has 1 fully saturated rings. The number of pyridine rings is 1. The number of benzene rings is 1. The van der Waals surface area contributed by atoms with Gasteiger partial charge in [0, 0.05) is 35.1 Å². The summed E-state index contributed by atoms with van der Waals surface area (Å²) in [5, 5.41) is 1.16. The summed E-state index contributed by atoms with van der Waals surface area (Å²) in [5.41, 5.74) is 4.64. The number of methoxy groups -OCH3 is 1. The zero-order chi connectivity index (χ0) is 20.7. The van der Waals surface area contributed by atoms with Gasteiger partial charge in [0.2, 0.25) is 0 Å². The van der Waals surface area contributed by atoms with Crippen molar-refractivity contribution in [3.05, 3.63) is 77.9 Å². The minimum absolute atomic E-state index is 0.00523. The van der Waals surface area contributed by atoms with Gasteiger partial charge in [-0.3, -0.25) is 9.98 Å². The Bertz CT molecular complexity index is 1060. The fraction of sp³-hybridized carbons (Fsp3) is 0.333. The lowest BCUT2D eigenvalue weighted by atomic mass is 9.99. The molecule has 0 radical (unpaired) electrons. The molecule has 1 aromatic carbocycles. The van der Waals surface area contributed by atoms with Crippen molar-refractivity contribution in [2.45, 2.75) is 38.4 Å². The van der Waals surface area contributed by atoms with Crippen LogP contribution in [0, 0.1) is 6.92 Å². The molecule has 0 amide bonds. The Kier molecular flexibility index (Phi) is 5.03. The van der Waals surface area contributed by atoms with Gasteiger partial charge in [0.25, 0.3) is 0 Å². The van der Waals surface area contributed by atoms with Gasteiger partial charge < -0.3 is 14.2 Å². The SMILES string of the molecule is CC[C@@H]1CSC2=N[C@H](c3ccccn3)[C@H](c3ccc(C)n3-c3ccc(OC)cc3)N21. The number of amidine groups is 1. The molecule has 2 aliphatic rings.